The molecule has 0 bridgehead atoms. The minimum Gasteiger partial charge on any atom is -0.483 e. The molecule has 0 aliphatic carbocycles. The predicted octanol–water partition coefficient (Wildman–Crippen LogP) is 4.75. The van der Waals surface area contributed by atoms with Crippen molar-refractivity contribution in [3.8, 4) is 5.75 Å². The molecular weight excluding hydrogens is 412 g/mol. The molecule has 0 unspecified atom stereocenters. The Hall–Kier alpha value is -2.53. The third-order valence-electron chi connectivity index (χ3n) is 5.55. The van der Waals surface area contributed by atoms with Crippen LogP contribution in [0.2, 0.25) is 5.02 Å². The summed E-state index contributed by atoms with van der Waals surface area (Å²) in [6.07, 6.45) is 1.42. The van der Waals surface area contributed by atoms with Crippen LogP contribution < -0.4 is 10.1 Å². The Balaban J connectivity index is 1.50. The highest BCUT2D eigenvalue weighted by molar-refractivity contribution is 6.33. The van der Waals surface area contributed by atoms with Crippen LogP contribution in [0.4, 0.5) is 0 Å². The van der Waals surface area contributed by atoms with Crippen LogP contribution in [-0.2, 0) is 10.2 Å². The summed E-state index contributed by atoms with van der Waals surface area (Å²) in [6.45, 7) is 9.59. The number of amides is 2. The van der Waals surface area contributed by atoms with Gasteiger partial charge in [-0.15, -0.1) is 0 Å². The summed E-state index contributed by atoms with van der Waals surface area (Å²) in [7, 11) is 0. The number of aryl methyl sites for hydroxylation is 1. The zero-order valence-electron chi connectivity index (χ0n) is 18.7. The molecule has 3 rings (SSSR count). The Morgan fingerprint density at radius 2 is 1.81 bits per heavy atom. The van der Waals surface area contributed by atoms with E-state index in [4.69, 9.17) is 16.3 Å². The molecule has 5 nitrogen and oxygen atoms in total. The van der Waals surface area contributed by atoms with Gasteiger partial charge in [-0.1, -0.05) is 62.2 Å². The van der Waals surface area contributed by atoms with Gasteiger partial charge in [-0.3, -0.25) is 9.59 Å². The van der Waals surface area contributed by atoms with E-state index in [2.05, 4.69) is 39.1 Å². The van der Waals surface area contributed by atoms with E-state index in [1.165, 1.54) is 5.56 Å². The van der Waals surface area contributed by atoms with Gasteiger partial charge in [0.2, 0.25) is 0 Å². The summed E-state index contributed by atoms with van der Waals surface area (Å²) in [5.41, 5.74) is 2.71. The van der Waals surface area contributed by atoms with Crippen molar-refractivity contribution in [2.45, 2.75) is 52.0 Å². The third kappa shape index (κ3) is 6.01. The molecule has 1 aliphatic rings. The molecule has 166 valence electrons. The van der Waals surface area contributed by atoms with E-state index in [1.807, 2.05) is 24.3 Å². The number of hydrogen-bond acceptors (Lipinski definition) is 3. The molecule has 1 saturated heterocycles. The molecule has 1 fully saturated rings. The van der Waals surface area contributed by atoms with Crippen molar-refractivity contribution in [1.29, 1.82) is 0 Å². The zero-order valence-corrected chi connectivity index (χ0v) is 19.5. The summed E-state index contributed by atoms with van der Waals surface area (Å²) >= 11 is 6.15. The maximum absolute atomic E-state index is 12.7. The molecule has 0 aromatic heterocycles. The lowest BCUT2D eigenvalue weighted by molar-refractivity contribution is -0.124. The van der Waals surface area contributed by atoms with E-state index in [-0.39, 0.29) is 29.9 Å². The fraction of sp³-hybridized carbons (Fsp3) is 0.440. The van der Waals surface area contributed by atoms with Crippen LogP contribution in [0.1, 0.15) is 55.1 Å². The standard InChI is InChI=1S/C25H31ClN2O3/c1-17-9-10-22(20(15-17)25(2,3)4)31-16-23(29)27-18-11-13-28(14-12-18)24(30)19-7-5-6-8-21(19)26/h5-10,15,18H,11-14,16H2,1-4H3,(H,27,29). The van der Waals surface area contributed by atoms with E-state index in [0.717, 1.165) is 11.3 Å². The highest BCUT2D eigenvalue weighted by Crippen LogP contribution is 2.32. The topological polar surface area (TPSA) is 58.6 Å². The smallest absolute Gasteiger partial charge is 0.258 e. The Morgan fingerprint density at radius 1 is 1.13 bits per heavy atom. The van der Waals surface area contributed by atoms with E-state index >= 15 is 0 Å². The van der Waals surface area contributed by atoms with Crippen LogP contribution in [0, 0.1) is 6.92 Å². The number of carbonyl (C=O) groups is 2. The lowest BCUT2D eigenvalue weighted by atomic mass is 9.85. The van der Waals surface area contributed by atoms with Gasteiger partial charge in [0.1, 0.15) is 5.75 Å². The van der Waals surface area contributed by atoms with Gasteiger partial charge in [0, 0.05) is 19.1 Å². The lowest BCUT2D eigenvalue weighted by Crippen LogP contribution is -2.47. The number of hydrogen-bond donors (Lipinski definition) is 1. The highest BCUT2D eigenvalue weighted by atomic mass is 35.5. The Kier molecular flexibility index (Phi) is 7.26. The lowest BCUT2D eigenvalue weighted by Gasteiger charge is -2.32. The molecule has 1 aliphatic heterocycles. The van der Waals surface area contributed by atoms with Gasteiger partial charge in [0.25, 0.3) is 11.8 Å². The maximum Gasteiger partial charge on any atom is 0.258 e. The van der Waals surface area contributed by atoms with Crippen LogP contribution in [0.15, 0.2) is 42.5 Å². The SMILES string of the molecule is Cc1ccc(OCC(=O)NC2CCN(C(=O)c3ccccc3Cl)CC2)c(C(C)(C)C)c1. The van der Waals surface area contributed by atoms with Crippen molar-refractivity contribution < 1.29 is 14.3 Å². The summed E-state index contributed by atoms with van der Waals surface area (Å²) in [5.74, 6) is 0.539. The Morgan fingerprint density at radius 3 is 2.45 bits per heavy atom. The van der Waals surface area contributed by atoms with Gasteiger partial charge < -0.3 is 15.0 Å². The molecule has 2 aromatic carbocycles. The molecule has 1 heterocycles. The number of carbonyl (C=O) groups excluding carboxylic acids is 2. The minimum atomic E-state index is -0.142. The number of rotatable bonds is 5. The van der Waals surface area contributed by atoms with Gasteiger partial charge in [0.15, 0.2) is 6.61 Å². The first-order valence-corrected chi connectivity index (χ1v) is 11.1. The molecule has 0 spiro atoms. The summed E-state index contributed by atoms with van der Waals surface area (Å²) in [6, 6.07) is 13.2. The predicted molar refractivity (Wildman–Crippen MR) is 124 cm³/mol. The molecule has 2 aromatic rings. The zero-order chi connectivity index (χ0) is 22.6. The third-order valence-corrected chi connectivity index (χ3v) is 5.88. The van der Waals surface area contributed by atoms with Crippen molar-refractivity contribution >= 4 is 23.4 Å². The largest absolute Gasteiger partial charge is 0.483 e. The highest BCUT2D eigenvalue weighted by Gasteiger charge is 2.26. The van der Waals surface area contributed by atoms with E-state index in [1.54, 1.807) is 17.0 Å². The van der Waals surface area contributed by atoms with Crippen LogP contribution in [0.25, 0.3) is 0 Å². The van der Waals surface area contributed by atoms with Crippen molar-refractivity contribution in [1.82, 2.24) is 10.2 Å². The van der Waals surface area contributed by atoms with Crippen LogP contribution in [-0.4, -0.2) is 42.5 Å². The summed E-state index contributed by atoms with van der Waals surface area (Å²) < 4.78 is 5.86. The van der Waals surface area contributed by atoms with Crippen molar-refractivity contribution in [3.63, 3.8) is 0 Å². The van der Waals surface area contributed by atoms with Crippen molar-refractivity contribution in [2.24, 2.45) is 0 Å². The normalized spacial score (nSPS) is 14.9. The van der Waals surface area contributed by atoms with Gasteiger partial charge >= 0.3 is 0 Å². The first-order valence-electron chi connectivity index (χ1n) is 10.7. The molecule has 1 N–H and O–H groups in total. The second kappa shape index (κ2) is 9.73. The number of nitrogens with one attached hydrogen (secondary N) is 1. The fourth-order valence-electron chi connectivity index (χ4n) is 3.80. The monoisotopic (exact) mass is 442 g/mol. The molecular formula is C25H31ClN2O3. The molecule has 6 heteroatoms. The molecule has 31 heavy (non-hydrogen) atoms. The first-order chi connectivity index (χ1) is 14.6. The van der Waals surface area contributed by atoms with Gasteiger partial charge in [-0.25, -0.2) is 0 Å². The number of benzene rings is 2. The number of piperidine rings is 1. The van der Waals surface area contributed by atoms with Crippen LogP contribution >= 0.6 is 11.6 Å². The van der Waals surface area contributed by atoms with Gasteiger partial charge in [-0.05, 0) is 48.9 Å². The van der Waals surface area contributed by atoms with Gasteiger partial charge in [-0.2, -0.15) is 0 Å². The summed E-state index contributed by atoms with van der Waals surface area (Å²) in [4.78, 5) is 26.9. The molecule has 2 amide bonds. The van der Waals surface area contributed by atoms with Gasteiger partial charge in [0.05, 0.1) is 10.6 Å². The molecule has 0 saturated carbocycles. The second-order valence-electron chi connectivity index (χ2n) is 9.15. The minimum absolute atomic E-state index is 0.0229. The Labute approximate surface area is 189 Å². The molecule has 0 radical (unpaired) electrons. The average Bonchev–Trinajstić information content (AvgIpc) is 2.72. The van der Waals surface area contributed by atoms with E-state index < -0.39 is 0 Å². The first kappa shape index (κ1) is 23.1. The van der Waals surface area contributed by atoms with Crippen LogP contribution in [0.5, 0.6) is 5.75 Å². The van der Waals surface area contributed by atoms with Crippen LogP contribution in [0.3, 0.4) is 0 Å². The number of likely N-dealkylation sites (tertiary alicyclic amines) is 1. The molecule has 0 atom stereocenters. The fourth-order valence-corrected chi connectivity index (χ4v) is 4.02. The summed E-state index contributed by atoms with van der Waals surface area (Å²) in [5, 5.41) is 3.51. The number of ether oxygens (including phenoxy) is 1. The quantitative estimate of drug-likeness (QED) is 0.727. The average molecular weight is 443 g/mol. The van der Waals surface area contributed by atoms with E-state index in [0.29, 0.717) is 36.5 Å². The van der Waals surface area contributed by atoms with E-state index in [9.17, 15) is 9.59 Å². The number of halogens is 1. The van der Waals surface area contributed by atoms with Crippen molar-refractivity contribution in [2.75, 3.05) is 19.7 Å². The van der Waals surface area contributed by atoms with Crippen molar-refractivity contribution in [3.05, 3.63) is 64.2 Å². The Bertz CT molecular complexity index is 944. The second-order valence-corrected chi connectivity index (χ2v) is 9.56. The maximum atomic E-state index is 12.7. The number of nitrogens with zero attached hydrogens (tertiary/aromatic N) is 1.